The maximum Gasteiger partial charge on any atom is 0.261 e. The summed E-state index contributed by atoms with van der Waals surface area (Å²) >= 11 is 1.14. The van der Waals surface area contributed by atoms with E-state index in [1.54, 1.807) is 18.2 Å². The fourth-order valence-electron chi connectivity index (χ4n) is 2.29. The molecule has 1 heterocycles. The van der Waals surface area contributed by atoms with Crippen molar-refractivity contribution < 1.29 is 22.7 Å². The Morgan fingerprint density at radius 1 is 1.15 bits per heavy atom. The number of hydrogen-bond donors (Lipinski definition) is 2. The number of nitrogens with two attached hydrogens (primary N) is 1. The lowest BCUT2D eigenvalue weighted by Gasteiger charge is -2.09. The van der Waals surface area contributed by atoms with Gasteiger partial charge in [0.15, 0.2) is 5.13 Å². The van der Waals surface area contributed by atoms with Gasteiger partial charge in [0.1, 0.15) is 11.5 Å². The molecule has 3 N–H and O–H groups in total. The van der Waals surface area contributed by atoms with E-state index in [0.717, 1.165) is 11.3 Å². The maximum atomic E-state index is 12.6. The zero-order valence-corrected chi connectivity index (χ0v) is 15.5. The topological polar surface area (TPSA) is 121 Å². The normalized spacial score (nSPS) is 11.3. The zero-order chi connectivity index (χ0) is 18.9. The van der Waals surface area contributed by atoms with E-state index in [0.29, 0.717) is 26.8 Å². The van der Waals surface area contributed by atoms with E-state index >= 15 is 0 Å². The summed E-state index contributed by atoms with van der Waals surface area (Å²) in [6.07, 6.45) is 0. The van der Waals surface area contributed by atoms with E-state index in [4.69, 9.17) is 14.6 Å². The monoisotopic (exact) mass is 393 g/mol. The van der Waals surface area contributed by atoms with Crippen LogP contribution < -0.4 is 19.9 Å². The molecule has 0 unspecified atom stereocenters. The van der Waals surface area contributed by atoms with E-state index in [1.807, 2.05) is 0 Å². The molecular formula is C16H15N3O5S2. The van der Waals surface area contributed by atoms with Crippen molar-refractivity contribution in [1.29, 1.82) is 0 Å². The quantitative estimate of drug-likeness (QED) is 0.686. The highest BCUT2D eigenvalue weighted by Gasteiger charge is 2.17. The van der Waals surface area contributed by atoms with Gasteiger partial charge in [0.25, 0.3) is 5.91 Å². The van der Waals surface area contributed by atoms with Crippen molar-refractivity contribution in [2.45, 2.75) is 4.90 Å². The molecule has 0 fully saturated rings. The molecular weight excluding hydrogens is 378 g/mol. The Labute approximate surface area is 153 Å². The van der Waals surface area contributed by atoms with E-state index in [-0.39, 0.29) is 10.5 Å². The Bertz CT molecular complexity index is 1090. The Hall–Kier alpha value is -2.69. The summed E-state index contributed by atoms with van der Waals surface area (Å²) in [6, 6.07) is 9.19. The predicted molar refractivity (Wildman–Crippen MR) is 98.5 cm³/mol. The van der Waals surface area contributed by atoms with Crippen molar-refractivity contribution >= 4 is 42.6 Å². The molecule has 3 aromatic rings. The number of aromatic nitrogens is 1. The fraction of sp³-hybridized carbons (Fsp3) is 0.125. The van der Waals surface area contributed by atoms with Crippen LogP contribution >= 0.6 is 11.3 Å². The van der Waals surface area contributed by atoms with Crippen molar-refractivity contribution in [2.75, 3.05) is 19.5 Å². The van der Waals surface area contributed by atoms with Gasteiger partial charge in [-0.3, -0.25) is 10.1 Å². The third kappa shape index (κ3) is 3.62. The first kappa shape index (κ1) is 18.1. The Morgan fingerprint density at radius 3 is 2.58 bits per heavy atom. The third-order valence-electron chi connectivity index (χ3n) is 3.56. The highest BCUT2D eigenvalue weighted by Crippen LogP contribution is 2.30. The molecule has 0 aliphatic rings. The standard InChI is InChI=1S/C16H15N3O5S2/c1-23-9-3-6-13(24-2)11(7-9)15(20)19-16-18-12-5-4-10(26(17,21)22)8-14(12)25-16/h3-8H,1-2H3,(H2,17,21,22)(H,18,19,20). The summed E-state index contributed by atoms with van der Waals surface area (Å²) in [5, 5.41) is 8.14. The van der Waals surface area contributed by atoms with Crippen LogP contribution in [0.15, 0.2) is 41.3 Å². The molecule has 0 aliphatic carbocycles. The number of rotatable bonds is 5. The SMILES string of the molecule is COc1ccc(OC)c(C(=O)Nc2nc3ccc(S(N)(=O)=O)cc3s2)c1. The van der Waals surface area contributed by atoms with Crippen LogP contribution in [0.4, 0.5) is 5.13 Å². The second-order valence-electron chi connectivity index (χ2n) is 5.21. The van der Waals surface area contributed by atoms with Gasteiger partial charge in [-0.2, -0.15) is 0 Å². The largest absolute Gasteiger partial charge is 0.497 e. The van der Waals surface area contributed by atoms with E-state index in [9.17, 15) is 13.2 Å². The highest BCUT2D eigenvalue weighted by molar-refractivity contribution is 7.89. The molecule has 0 bridgehead atoms. The summed E-state index contributed by atoms with van der Waals surface area (Å²) in [5.41, 5.74) is 0.839. The molecule has 0 saturated heterocycles. The number of methoxy groups -OCH3 is 2. The minimum absolute atomic E-state index is 0.0130. The Kier molecular flexibility index (Phi) is 4.81. The summed E-state index contributed by atoms with van der Waals surface area (Å²) in [6.45, 7) is 0. The van der Waals surface area contributed by atoms with Crippen LogP contribution in [0.5, 0.6) is 11.5 Å². The number of hydrogen-bond acceptors (Lipinski definition) is 7. The van der Waals surface area contributed by atoms with Gasteiger partial charge in [0.05, 0.1) is 34.9 Å². The lowest BCUT2D eigenvalue weighted by molar-refractivity contribution is 0.102. The lowest BCUT2D eigenvalue weighted by Crippen LogP contribution is -2.13. The van der Waals surface area contributed by atoms with E-state index in [2.05, 4.69) is 10.3 Å². The molecule has 136 valence electrons. The van der Waals surface area contributed by atoms with Crippen LogP contribution in [0, 0.1) is 0 Å². The summed E-state index contributed by atoms with van der Waals surface area (Å²) in [7, 11) is -0.843. The molecule has 0 radical (unpaired) electrons. The molecule has 10 heteroatoms. The minimum Gasteiger partial charge on any atom is -0.497 e. The van der Waals surface area contributed by atoms with E-state index in [1.165, 1.54) is 32.4 Å². The average Bonchev–Trinajstić information content (AvgIpc) is 3.01. The van der Waals surface area contributed by atoms with Gasteiger partial charge in [0.2, 0.25) is 10.0 Å². The number of carbonyl (C=O) groups is 1. The highest BCUT2D eigenvalue weighted by atomic mass is 32.2. The number of anilines is 1. The first-order chi connectivity index (χ1) is 12.3. The molecule has 3 rings (SSSR count). The number of thiazole rings is 1. The van der Waals surface area contributed by atoms with Gasteiger partial charge < -0.3 is 9.47 Å². The number of primary sulfonamides is 1. The van der Waals surface area contributed by atoms with Crippen LogP contribution in [0.25, 0.3) is 10.2 Å². The van der Waals surface area contributed by atoms with Gasteiger partial charge in [0, 0.05) is 0 Å². The molecule has 1 amide bonds. The number of carbonyl (C=O) groups excluding carboxylic acids is 1. The zero-order valence-electron chi connectivity index (χ0n) is 13.8. The number of nitrogens with zero attached hydrogens (tertiary/aromatic N) is 1. The first-order valence-corrected chi connectivity index (χ1v) is 9.65. The van der Waals surface area contributed by atoms with Crippen LogP contribution in [0.2, 0.25) is 0 Å². The molecule has 0 saturated carbocycles. The second kappa shape index (κ2) is 6.90. The lowest BCUT2D eigenvalue weighted by atomic mass is 10.2. The smallest absolute Gasteiger partial charge is 0.261 e. The van der Waals surface area contributed by atoms with Gasteiger partial charge in [-0.1, -0.05) is 11.3 Å². The van der Waals surface area contributed by atoms with Gasteiger partial charge in [-0.05, 0) is 36.4 Å². The number of benzene rings is 2. The molecule has 0 spiro atoms. The van der Waals surface area contributed by atoms with Gasteiger partial charge in [-0.15, -0.1) is 0 Å². The molecule has 0 atom stereocenters. The number of sulfonamides is 1. The van der Waals surface area contributed by atoms with Crippen molar-refractivity contribution in [2.24, 2.45) is 5.14 Å². The second-order valence-corrected chi connectivity index (χ2v) is 7.81. The first-order valence-electron chi connectivity index (χ1n) is 7.28. The molecule has 26 heavy (non-hydrogen) atoms. The number of amides is 1. The number of ether oxygens (including phenoxy) is 2. The predicted octanol–water partition coefficient (Wildman–Crippen LogP) is 2.21. The molecule has 2 aromatic carbocycles. The average molecular weight is 393 g/mol. The fourth-order valence-corrected chi connectivity index (χ4v) is 3.81. The van der Waals surface area contributed by atoms with Crippen LogP contribution in [0.1, 0.15) is 10.4 Å². The number of fused-ring (bicyclic) bond motifs is 1. The maximum absolute atomic E-state index is 12.6. The van der Waals surface area contributed by atoms with E-state index < -0.39 is 15.9 Å². The van der Waals surface area contributed by atoms with Gasteiger partial charge >= 0.3 is 0 Å². The van der Waals surface area contributed by atoms with Crippen LogP contribution in [0.3, 0.4) is 0 Å². The minimum atomic E-state index is -3.81. The molecule has 1 aromatic heterocycles. The third-order valence-corrected chi connectivity index (χ3v) is 5.40. The summed E-state index contributed by atoms with van der Waals surface area (Å²) in [4.78, 5) is 16.8. The van der Waals surface area contributed by atoms with Crippen LogP contribution in [-0.4, -0.2) is 33.5 Å². The Balaban J connectivity index is 1.92. The number of nitrogens with one attached hydrogen (secondary N) is 1. The molecule has 8 nitrogen and oxygen atoms in total. The Morgan fingerprint density at radius 2 is 1.92 bits per heavy atom. The summed E-state index contributed by atoms with van der Waals surface area (Å²) < 4.78 is 33.8. The van der Waals surface area contributed by atoms with Crippen molar-refractivity contribution in [3.8, 4) is 11.5 Å². The van der Waals surface area contributed by atoms with Crippen molar-refractivity contribution in [3.63, 3.8) is 0 Å². The van der Waals surface area contributed by atoms with Crippen LogP contribution in [-0.2, 0) is 10.0 Å². The van der Waals surface area contributed by atoms with Crippen molar-refractivity contribution in [3.05, 3.63) is 42.0 Å². The van der Waals surface area contributed by atoms with Crippen molar-refractivity contribution in [1.82, 2.24) is 4.98 Å². The summed E-state index contributed by atoms with van der Waals surface area (Å²) in [5.74, 6) is 0.477. The van der Waals surface area contributed by atoms with Gasteiger partial charge in [-0.25, -0.2) is 18.5 Å². The molecule has 0 aliphatic heterocycles.